The summed E-state index contributed by atoms with van der Waals surface area (Å²) in [7, 11) is 3.08. The average molecular weight is 301 g/mol. The van der Waals surface area contributed by atoms with Crippen LogP contribution in [0.5, 0.6) is 11.5 Å². The van der Waals surface area contributed by atoms with Crippen molar-refractivity contribution < 1.29 is 14.3 Å². The van der Waals surface area contributed by atoms with Crippen LogP contribution in [0.15, 0.2) is 12.1 Å². The molecule has 5 nitrogen and oxygen atoms in total. The molecule has 1 atom stereocenters. The molecule has 1 rings (SSSR count). The molecule has 20 heavy (non-hydrogen) atoms. The number of rotatable bonds is 6. The monoisotopic (exact) mass is 300 g/mol. The van der Waals surface area contributed by atoms with E-state index in [0.29, 0.717) is 22.2 Å². The molecule has 0 unspecified atom stereocenters. The van der Waals surface area contributed by atoms with Crippen LogP contribution < -0.4 is 20.1 Å². The van der Waals surface area contributed by atoms with Gasteiger partial charge in [-0.2, -0.15) is 0 Å². The number of methoxy groups -OCH3 is 2. The van der Waals surface area contributed by atoms with Gasteiger partial charge >= 0.3 is 0 Å². The quantitative estimate of drug-likeness (QED) is 0.848. The Morgan fingerprint density at radius 1 is 1.15 bits per heavy atom. The van der Waals surface area contributed by atoms with Gasteiger partial charge in [-0.05, 0) is 26.8 Å². The van der Waals surface area contributed by atoms with E-state index in [9.17, 15) is 4.79 Å². The number of carbonyl (C=O) groups excluding carboxylic acids is 1. The number of amides is 1. The summed E-state index contributed by atoms with van der Waals surface area (Å²) in [4.78, 5) is 11.9. The van der Waals surface area contributed by atoms with Gasteiger partial charge in [-0.25, -0.2) is 0 Å². The van der Waals surface area contributed by atoms with Crippen LogP contribution in [0.2, 0.25) is 5.02 Å². The molecule has 6 heteroatoms. The zero-order valence-electron chi connectivity index (χ0n) is 12.4. The summed E-state index contributed by atoms with van der Waals surface area (Å²) in [6.45, 7) is 5.60. The Labute approximate surface area is 124 Å². The molecule has 0 bridgehead atoms. The van der Waals surface area contributed by atoms with Crippen molar-refractivity contribution in [1.29, 1.82) is 0 Å². The standard InChI is InChI=1S/C14H21ClN2O3/c1-8(2)16-14(18)9(3)17-11-6-10(15)12(19-4)7-13(11)20-5/h6-9,17H,1-5H3,(H,16,18)/t9-/m0/s1. The average Bonchev–Trinajstić information content (AvgIpc) is 2.38. The second-order valence-corrected chi connectivity index (χ2v) is 5.12. The van der Waals surface area contributed by atoms with E-state index in [0.717, 1.165) is 0 Å². The lowest BCUT2D eigenvalue weighted by molar-refractivity contribution is -0.122. The Bertz CT molecular complexity index is 478. The Morgan fingerprint density at radius 2 is 1.75 bits per heavy atom. The van der Waals surface area contributed by atoms with Gasteiger partial charge in [-0.3, -0.25) is 4.79 Å². The summed E-state index contributed by atoms with van der Waals surface area (Å²) in [6.07, 6.45) is 0. The maximum Gasteiger partial charge on any atom is 0.242 e. The minimum Gasteiger partial charge on any atom is -0.495 e. The van der Waals surface area contributed by atoms with Crippen LogP contribution in [0.25, 0.3) is 0 Å². The molecule has 0 aromatic heterocycles. The number of anilines is 1. The Kier molecular flexibility index (Phi) is 5.95. The highest BCUT2D eigenvalue weighted by Gasteiger charge is 2.17. The first-order valence-corrected chi connectivity index (χ1v) is 6.75. The molecule has 0 saturated heterocycles. The smallest absolute Gasteiger partial charge is 0.242 e. The summed E-state index contributed by atoms with van der Waals surface area (Å²) in [5.74, 6) is 0.998. The van der Waals surface area contributed by atoms with Crippen molar-refractivity contribution in [3.63, 3.8) is 0 Å². The maximum atomic E-state index is 11.9. The highest BCUT2D eigenvalue weighted by molar-refractivity contribution is 6.32. The molecule has 0 radical (unpaired) electrons. The molecule has 1 amide bonds. The summed E-state index contributed by atoms with van der Waals surface area (Å²) >= 11 is 6.08. The normalized spacial score (nSPS) is 11.9. The molecule has 0 spiro atoms. The second-order valence-electron chi connectivity index (χ2n) is 4.72. The first-order chi connectivity index (χ1) is 9.38. The van der Waals surface area contributed by atoms with E-state index in [4.69, 9.17) is 21.1 Å². The molecule has 0 aliphatic rings. The van der Waals surface area contributed by atoms with Gasteiger partial charge in [0.1, 0.15) is 17.5 Å². The third kappa shape index (κ3) is 4.20. The largest absolute Gasteiger partial charge is 0.495 e. The van der Waals surface area contributed by atoms with E-state index in [-0.39, 0.29) is 11.9 Å². The van der Waals surface area contributed by atoms with Crippen molar-refractivity contribution in [1.82, 2.24) is 5.32 Å². The molecule has 2 N–H and O–H groups in total. The van der Waals surface area contributed by atoms with E-state index < -0.39 is 6.04 Å². The van der Waals surface area contributed by atoms with Crippen LogP contribution in [0.1, 0.15) is 20.8 Å². The van der Waals surface area contributed by atoms with Gasteiger partial charge in [0.2, 0.25) is 5.91 Å². The molecule has 0 heterocycles. The Hall–Kier alpha value is -1.62. The SMILES string of the molecule is COc1cc(OC)c(N[C@@H](C)C(=O)NC(C)C)cc1Cl. The fraction of sp³-hybridized carbons (Fsp3) is 0.500. The highest BCUT2D eigenvalue weighted by atomic mass is 35.5. The van der Waals surface area contributed by atoms with Crippen LogP contribution in [-0.2, 0) is 4.79 Å². The van der Waals surface area contributed by atoms with Gasteiger partial charge < -0.3 is 20.1 Å². The molecule has 0 fully saturated rings. The van der Waals surface area contributed by atoms with Gasteiger partial charge in [0.25, 0.3) is 0 Å². The van der Waals surface area contributed by atoms with E-state index in [1.807, 2.05) is 13.8 Å². The number of benzene rings is 1. The number of hydrogen-bond donors (Lipinski definition) is 2. The van der Waals surface area contributed by atoms with Crippen LogP contribution in [0.4, 0.5) is 5.69 Å². The molecular weight excluding hydrogens is 280 g/mol. The maximum absolute atomic E-state index is 11.9. The Balaban J connectivity index is 2.91. The zero-order chi connectivity index (χ0) is 15.3. The van der Waals surface area contributed by atoms with Gasteiger partial charge in [-0.1, -0.05) is 11.6 Å². The minimum atomic E-state index is -0.407. The van der Waals surface area contributed by atoms with E-state index >= 15 is 0 Å². The van der Waals surface area contributed by atoms with Crippen molar-refractivity contribution in [2.45, 2.75) is 32.9 Å². The molecule has 0 aliphatic heterocycles. The molecule has 1 aromatic rings. The fourth-order valence-electron chi connectivity index (χ4n) is 1.68. The molecule has 0 saturated carbocycles. The topological polar surface area (TPSA) is 59.6 Å². The number of carbonyl (C=O) groups is 1. The van der Waals surface area contributed by atoms with Crippen LogP contribution in [-0.4, -0.2) is 32.2 Å². The van der Waals surface area contributed by atoms with Crippen molar-refractivity contribution in [3.8, 4) is 11.5 Å². The molecule has 112 valence electrons. The van der Waals surface area contributed by atoms with Crippen LogP contribution in [0, 0.1) is 0 Å². The molecular formula is C14H21ClN2O3. The van der Waals surface area contributed by atoms with Crippen molar-refractivity contribution in [2.75, 3.05) is 19.5 Å². The Morgan fingerprint density at radius 3 is 2.25 bits per heavy atom. The van der Waals surface area contributed by atoms with Crippen molar-refractivity contribution in [2.24, 2.45) is 0 Å². The lowest BCUT2D eigenvalue weighted by atomic mass is 10.2. The summed E-state index contributed by atoms with van der Waals surface area (Å²) in [6, 6.07) is 3.04. The van der Waals surface area contributed by atoms with Crippen LogP contribution in [0.3, 0.4) is 0 Å². The summed E-state index contributed by atoms with van der Waals surface area (Å²) in [5, 5.41) is 6.37. The number of ether oxygens (including phenoxy) is 2. The fourth-order valence-corrected chi connectivity index (χ4v) is 1.92. The second kappa shape index (κ2) is 7.24. The number of nitrogens with one attached hydrogen (secondary N) is 2. The predicted octanol–water partition coefficient (Wildman–Crippen LogP) is 2.68. The highest BCUT2D eigenvalue weighted by Crippen LogP contribution is 2.36. The third-order valence-electron chi connectivity index (χ3n) is 2.67. The molecule has 1 aromatic carbocycles. The van der Waals surface area contributed by atoms with Crippen molar-refractivity contribution in [3.05, 3.63) is 17.2 Å². The van der Waals surface area contributed by atoms with Gasteiger partial charge in [-0.15, -0.1) is 0 Å². The zero-order valence-corrected chi connectivity index (χ0v) is 13.2. The van der Waals surface area contributed by atoms with Crippen LogP contribution >= 0.6 is 11.6 Å². The minimum absolute atomic E-state index is 0.0889. The van der Waals surface area contributed by atoms with Gasteiger partial charge in [0.15, 0.2) is 0 Å². The van der Waals surface area contributed by atoms with Crippen molar-refractivity contribution >= 4 is 23.2 Å². The number of halogens is 1. The summed E-state index contributed by atoms with van der Waals surface area (Å²) < 4.78 is 10.4. The molecule has 0 aliphatic carbocycles. The van der Waals surface area contributed by atoms with Gasteiger partial charge in [0.05, 0.1) is 24.9 Å². The lowest BCUT2D eigenvalue weighted by Crippen LogP contribution is -2.41. The first kappa shape index (κ1) is 16.4. The van der Waals surface area contributed by atoms with E-state index in [2.05, 4.69) is 10.6 Å². The first-order valence-electron chi connectivity index (χ1n) is 6.37. The van der Waals surface area contributed by atoms with Gasteiger partial charge in [0, 0.05) is 12.1 Å². The van der Waals surface area contributed by atoms with E-state index in [1.54, 1.807) is 26.2 Å². The van der Waals surface area contributed by atoms with E-state index in [1.165, 1.54) is 7.11 Å². The third-order valence-corrected chi connectivity index (χ3v) is 2.97. The lowest BCUT2D eigenvalue weighted by Gasteiger charge is -2.19. The summed E-state index contributed by atoms with van der Waals surface area (Å²) in [5.41, 5.74) is 0.643. The number of hydrogen-bond acceptors (Lipinski definition) is 4. The predicted molar refractivity (Wildman–Crippen MR) is 80.9 cm³/mol.